The van der Waals surface area contributed by atoms with Crippen molar-refractivity contribution in [3.05, 3.63) is 95.6 Å². The summed E-state index contributed by atoms with van der Waals surface area (Å²) in [7, 11) is 1.32. The first-order chi connectivity index (χ1) is 16.6. The lowest BCUT2D eigenvalue weighted by Gasteiger charge is -2.17. The number of hydrogen-bond donors (Lipinski definition) is 1. The van der Waals surface area contributed by atoms with E-state index in [0.717, 1.165) is 11.1 Å². The largest absolute Gasteiger partial charge is 0.487 e. The molecule has 1 heterocycles. The summed E-state index contributed by atoms with van der Waals surface area (Å²) < 4.78 is 11.3. The smallest absolute Gasteiger partial charge is 0.344 e. The molecule has 0 atom stereocenters. The number of pyridine rings is 1. The van der Waals surface area contributed by atoms with Crippen LogP contribution in [0, 0.1) is 6.92 Å². The molecule has 4 rings (SSSR count). The summed E-state index contributed by atoms with van der Waals surface area (Å²) in [5.74, 6) is -0.304. The van der Waals surface area contributed by atoms with Crippen LogP contribution in [0.1, 0.15) is 21.5 Å². The number of anilines is 1. The molecule has 0 spiro atoms. The van der Waals surface area contributed by atoms with Gasteiger partial charge in [0.15, 0.2) is 0 Å². The normalized spacial score (nSPS) is 10.6. The lowest BCUT2D eigenvalue weighted by atomic mass is 10.1. The standard InChI is InChI=1S/C27H24N2O4S/c1-18-10-6-7-11-19(18)16-33-25-21-14-8-9-15-22(21)29-26(24(25)27(31)32-2)34-17-23(30)28-20-12-4-3-5-13-20/h3-15H,16-17H2,1-2H3,(H,28,30). The number of thioether (sulfide) groups is 1. The van der Waals surface area contributed by atoms with Gasteiger partial charge < -0.3 is 14.8 Å². The number of esters is 1. The van der Waals surface area contributed by atoms with Crippen molar-refractivity contribution in [2.45, 2.75) is 18.6 Å². The van der Waals surface area contributed by atoms with Crippen molar-refractivity contribution in [1.29, 1.82) is 0 Å². The Bertz CT molecular complexity index is 1330. The van der Waals surface area contributed by atoms with E-state index >= 15 is 0 Å². The van der Waals surface area contributed by atoms with Gasteiger partial charge in [-0.1, -0.05) is 66.4 Å². The second-order valence-electron chi connectivity index (χ2n) is 7.55. The molecule has 6 nitrogen and oxygen atoms in total. The van der Waals surface area contributed by atoms with Crippen LogP contribution in [0.4, 0.5) is 5.69 Å². The Labute approximate surface area is 202 Å². The van der Waals surface area contributed by atoms with Gasteiger partial charge in [-0.05, 0) is 42.3 Å². The van der Waals surface area contributed by atoms with Crippen molar-refractivity contribution in [1.82, 2.24) is 4.98 Å². The number of benzene rings is 3. The highest BCUT2D eigenvalue weighted by Gasteiger charge is 2.24. The molecule has 0 unspecified atom stereocenters. The van der Waals surface area contributed by atoms with Gasteiger partial charge in [0.2, 0.25) is 5.91 Å². The molecule has 1 aromatic heterocycles. The molecule has 1 N–H and O–H groups in total. The van der Waals surface area contributed by atoms with Gasteiger partial charge in [-0.15, -0.1) is 0 Å². The molecule has 34 heavy (non-hydrogen) atoms. The quantitative estimate of drug-likeness (QED) is 0.264. The first-order valence-corrected chi connectivity index (χ1v) is 11.7. The van der Waals surface area contributed by atoms with Crippen molar-refractivity contribution in [3.8, 4) is 5.75 Å². The Hall–Kier alpha value is -3.84. The van der Waals surface area contributed by atoms with Gasteiger partial charge in [-0.3, -0.25) is 4.79 Å². The van der Waals surface area contributed by atoms with Gasteiger partial charge >= 0.3 is 5.97 Å². The van der Waals surface area contributed by atoms with Crippen molar-refractivity contribution >= 4 is 40.2 Å². The van der Waals surface area contributed by atoms with E-state index in [1.165, 1.54) is 18.9 Å². The average Bonchev–Trinajstić information content (AvgIpc) is 2.86. The van der Waals surface area contributed by atoms with E-state index in [4.69, 9.17) is 9.47 Å². The van der Waals surface area contributed by atoms with Crippen LogP contribution in [0.5, 0.6) is 5.75 Å². The number of rotatable bonds is 8. The topological polar surface area (TPSA) is 77.5 Å². The maximum absolute atomic E-state index is 12.9. The van der Waals surface area contributed by atoms with Crippen LogP contribution >= 0.6 is 11.8 Å². The van der Waals surface area contributed by atoms with Crippen LogP contribution in [0.25, 0.3) is 10.9 Å². The molecule has 0 aliphatic heterocycles. The molecular formula is C27H24N2O4S. The van der Waals surface area contributed by atoms with E-state index in [1.807, 2.05) is 85.8 Å². The maximum atomic E-state index is 12.9. The number of hydrogen-bond acceptors (Lipinski definition) is 6. The van der Waals surface area contributed by atoms with Crippen LogP contribution in [0.3, 0.4) is 0 Å². The number of para-hydroxylation sites is 2. The predicted octanol–water partition coefficient (Wildman–Crippen LogP) is 5.64. The number of carbonyl (C=O) groups is 2. The van der Waals surface area contributed by atoms with Crippen LogP contribution in [0.15, 0.2) is 83.9 Å². The fourth-order valence-corrected chi connectivity index (χ4v) is 4.29. The van der Waals surface area contributed by atoms with Gasteiger partial charge in [-0.25, -0.2) is 9.78 Å². The second-order valence-corrected chi connectivity index (χ2v) is 8.51. The van der Waals surface area contributed by atoms with E-state index < -0.39 is 5.97 Å². The van der Waals surface area contributed by atoms with Gasteiger partial charge in [-0.2, -0.15) is 0 Å². The molecule has 0 bridgehead atoms. The molecular weight excluding hydrogens is 448 g/mol. The zero-order chi connectivity index (χ0) is 23.9. The van der Waals surface area contributed by atoms with Gasteiger partial charge in [0, 0.05) is 11.1 Å². The Balaban J connectivity index is 1.67. The van der Waals surface area contributed by atoms with Gasteiger partial charge in [0.1, 0.15) is 22.9 Å². The van der Waals surface area contributed by atoms with E-state index in [0.29, 0.717) is 27.4 Å². The molecule has 4 aromatic rings. The maximum Gasteiger partial charge on any atom is 0.344 e. The molecule has 7 heteroatoms. The highest BCUT2D eigenvalue weighted by molar-refractivity contribution is 8.00. The highest BCUT2D eigenvalue weighted by atomic mass is 32.2. The van der Waals surface area contributed by atoms with Crippen LogP contribution in [0.2, 0.25) is 0 Å². The third kappa shape index (κ3) is 5.38. The lowest BCUT2D eigenvalue weighted by molar-refractivity contribution is -0.113. The molecule has 0 saturated heterocycles. The monoisotopic (exact) mass is 472 g/mol. The highest BCUT2D eigenvalue weighted by Crippen LogP contribution is 2.36. The predicted molar refractivity (Wildman–Crippen MR) is 134 cm³/mol. The average molecular weight is 473 g/mol. The zero-order valence-electron chi connectivity index (χ0n) is 18.9. The van der Waals surface area contributed by atoms with E-state index in [2.05, 4.69) is 10.3 Å². The number of methoxy groups -OCH3 is 1. The summed E-state index contributed by atoms with van der Waals surface area (Å²) in [6.45, 7) is 2.29. The Kier molecular flexibility index (Phi) is 7.44. The molecule has 0 fully saturated rings. The third-order valence-electron chi connectivity index (χ3n) is 5.23. The van der Waals surface area contributed by atoms with Crippen LogP contribution in [-0.2, 0) is 16.1 Å². The number of amides is 1. The number of fused-ring (bicyclic) bond motifs is 1. The molecule has 0 aliphatic carbocycles. The molecule has 0 aliphatic rings. The van der Waals surface area contributed by atoms with Crippen LogP contribution in [-0.4, -0.2) is 29.7 Å². The van der Waals surface area contributed by atoms with Crippen molar-refractivity contribution in [2.75, 3.05) is 18.2 Å². The fourth-order valence-electron chi connectivity index (χ4n) is 3.47. The number of ether oxygens (including phenoxy) is 2. The molecule has 1 amide bonds. The van der Waals surface area contributed by atoms with E-state index in [1.54, 1.807) is 0 Å². The number of aryl methyl sites for hydroxylation is 1. The summed E-state index contributed by atoms with van der Waals surface area (Å²) in [5.41, 5.74) is 3.69. The number of nitrogens with one attached hydrogen (secondary N) is 1. The fraction of sp³-hybridized carbons (Fsp3) is 0.148. The van der Waals surface area contributed by atoms with Crippen LogP contribution < -0.4 is 10.1 Å². The third-order valence-corrected chi connectivity index (χ3v) is 6.21. The van der Waals surface area contributed by atoms with Crippen molar-refractivity contribution < 1.29 is 19.1 Å². The Morgan fingerprint density at radius 3 is 2.41 bits per heavy atom. The summed E-state index contributed by atoms with van der Waals surface area (Å²) >= 11 is 1.17. The van der Waals surface area contributed by atoms with E-state index in [-0.39, 0.29) is 23.8 Å². The molecule has 0 saturated carbocycles. The van der Waals surface area contributed by atoms with E-state index in [9.17, 15) is 9.59 Å². The number of nitrogens with zero attached hydrogens (tertiary/aromatic N) is 1. The summed E-state index contributed by atoms with van der Waals surface area (Å²) in [4.78, 5) is 30.0. The molecule has 0 radical (unpaired) electrons. The Morgan fingerprint density at radius 2 is 1.65 bits per heavy atom. The number of aromatic nitrogens is 1. The minimum atomic E-state index is -0.566. The minimum absolute atomic E-state index is 0.0709. The number of carbonyl (C=O) groups excluding carboxylic acids is 2. The lowest BCUT2D eigenvalue weighted by Crippen LogP contribution is -2.15. The Morgan fingerprint density at radius 1 is 0.941 bits per heavy atom. The summed E-state index contributed by atoms with van der Waals surface area (Å²) in [6, 6.07) is 24.6. The second kappa shape index (κ2) is 10.9. The van der Waals surface area contributed by atoms with Crippen molar-refractivity contribution in [2.24, 2.45) is 0 Å². The minimum Gasteiger partial charge on any atom is -0.487 e. The SMILES string of the molecule is COC(=O)c1c(SCC(=O)Nc2ccccc2)nc2ccccc2c1OCc1ccccc1C. The summed E-state index contributed by atoms with van der Waals surface area (Å²) in [6.07, 6.45) is 0. The first kappa shape index (κ1) is 23.3. The van der Waals surface area contributed by atoms with Crippen molar-refractivity contribution in [3.63, 3.8) is 0 Å². The molecule has 3 aromatic carbocycles. The first-order valence-electron chi connectivity index (χ1n) is 10.7. The summed E-state index contributed by atoms with van der Waals surface area (Å²) in [5, 5.41) is 3.93. The van der Waals surface area contributed by atoms with Gasteiger partial charge in [0.25, 0.3) is 0 Å². The molecule has 172 valence electrons. The zero-order valence-corrected chi connectivity index (χ0v) is 19.7. The van der Waals surface area contributed by atoms with Gasteiger partial charge in [0.05, 0.1) is 18.4 Å².